The Labute approximate surface area is 193 Å². The Morgan fingerprint density at radius 2 is 1.82 bits per heavy atom. The molecule has 2 amide bonds. The second-order valence-electron chi connectivity index (χ2n) is 7.55. The van der Waals surface area contributed by atoms with Crippen LogP contribution in [0.2, 0.25) is 0 Å². The van der Waals surface area contributed by atoms with Crippen molar-refractivity contribution in [1.29, 1.82) is 0 Å². The maximum Gasteiger partial charge on any atom is 0.267 e. The SMILES string of the molecule is NC[C@H](NC(=O)c1ccc(C#C/C=C/c2ccc(CN3CCOCC3)cc2)cc1)C(=O)NO. The minimum Gasteiger partial charge on any atom is -0.379 e. The molecule has 1 fully saturated rings. The number of morpholine rings is 1. The number of hydroxylamine groups is 1. The second kappa shape index (κ2) is 12.5. The summed E-state index contributed by atoms with van der Waals surface area (Å²) in [4.78, 5) is 26.0. The fourth-order valence-electron chi connectivity index (χ4n) is 3.27. The molecular weight excluding hydrogens is 420 g/mol. The number of carbonyl (C=O) groups is 2. The molecule has 2 aromatic carbocycles. The van der Waals surface area contributed by atoms with E-state index in [-0.39, 0.29) is 6.54 Å². The summed E-state index contributed by atoms with van der Waals surface area (Å²) in [6, 6.07) is 14.1. The third-order valence-corrected chi connectivity index (χ3v) is 5.18. The topological polar surface area (TPSA) is 117 Å². The third-order valence-electron chi connectivity index (χ3n) is 5.18. The molecule has 0 aliphatic carbocycles. The highest BCUT2D eigenvalue weighted by molar-refractivity contribution is 5.97. The minimum absolute atomic E-state index is 0.134. The van der Waals surface area contributed by atoms with Crippen molar-refractivity contribution in [2.24, 2.45) is 5.73 Å². The Morgan fingerprint density at radius 3 is 2.45 bits per heavy atom. The van der Waals surface area contributed by atoms with Crippen molar-refractivity contribution < 1.29 is 19.5 Å². The summed E-state index contributed by atoms with van der Waals surface area (Å²) in [6.45, 7) is 4.34. The number of carbonyl (C=O) groups excluding carboxylic acids is 2. The fraction of sp³-hybridized carbons (Fsp3) is 0.280. The number of hydrogen-bond donors (Lipinski definition) is 4. The molecule has 1 atom stereocenters. The molecule has 0 saturated carbocycles. The van der Waals surface area contributed by atoms with Crippen LogP contribution in [0.25, 0.3) is 6.08 Å². The van der Waals surface area contributed by atoms with Crippen LogP contribution < -0.4 is 16.5 Å². The van der Waals surface area contributed by atoms with E-state index < -0.39 is 17.9 Å². The van der Waals surface area contributed by atoms with Gasteiger partial charge in [-0.25, -0.2) is 5.48 Å². The average molecular weight is 449 g/mol. The molecule has 8 heteroatoms. The van der Waals surface area contributed by atoms with Gasteiger partial charge in [-0.1, -0.05) is 36.1 Å². The fourth-order valence-corrected chi connectivity index (χ4v) is 3.27. The number of nitrogens with one attached hydrogen (secondary N) is 2. The van der Waals surface area contributed by atoms with Crippen LogP contribution in [0.15, 0.2) is 54.6 Å². The Balaban J connectivity index is 1.51. The van der Waals surface area contributed by atoms with E-state index in [2.05, 4.69) is 46.3 Å². The quantitative estimate of drug-likeness (QED) is 0.287. The zero-order chi connectivity index (χ0) is 23.5. The van der Waals surface area contributed by atoms with Gasteiger partial charge in [-0.05, 0) is 47.5 Å². The summed E-state index contributed by atoms with van der Waals surface area (Å²) in [5, 5.41) is 11.1. The molecule has 1 aliphatic heterocycles. The summed E-state index contributed by atoms with van der Waals surface area (Å²) in [7, 11) is 0. The number of allylic oxidation sites excluding steroid dienone is 1. The lowest BCUT2D eigenvalue weighted by molar-refractivity contribution is -0.130. The number of rotatable bonds is 7. The molecule has 3 rings (SSSR count). The van der Waals surface area contributed by atoms with Crippen LogP contribution >= 0.6 is 0 Å². The molecule has 33 heavy (non-hydrogen) atoms. The molecule has 0 spiro atoms. The summed E-state index contributed by atoms with van der Waals surface area (Å²) < 4.78 is 5.38. The highest BCUT2D eigenvalue weighted by Gasteiger charge is 2.19. The first-order valence-electron chi connectivity index (χ1n) is 10.7. The molecule has 1 aliphatic rings. The van der Waals surface area contributed by atoms with Gasteiger partial charge in [-0.3, -0.25) is 19.7 Å². The molecule has 1 saturated heterocycles. The standard InChI is InChI=1S/C25H28N4O4/c26-17-23(25(31)28-32)27-24(30)22-11-9-20(10-12-22)4-2-1-3-19-5-7-21(8-6-19)18-29-13-15-33-16-14-29/h1,3,5-12,23,32H,13-18,26H2,(H,27,30)(H,28,31)/b3-1+/t23-/m0/s1. The molecule has 172 valence electrons. The maximum absolute atomic E-state index is 12.2. The molecule has 0 unspecified atom stereocenters. The molecular formula is C25H28N4O4. The van der Waals surface area contributed by atoms with Gasteiger partial charge in [0.15, 0.2) is 0 Å². The smallest absolute Gasteiger partial charge is 0.267 e. The second-order valence-corrected chi connectivity index (χ2v) is 7.55. The van der Waals surface area contributed by atoms with Crippen molar-refractivity contribution >= 4 is 17.9 Å². The monoisotopic (exact) mass is 448 g/mol. The van der Waals surface area contributed by atoms with Crippen molar-refractivity contribution in [3.05, 3.63) is 76.9 Å². The Hall–Kier alpha value is -3.48. The lowest BCUT2D eigenvalue weighted by Gasteiger charge is -2.26. The van der Waals surface area contributed by atoms with Gasteiger partial charge in [0.2, 0.25) is 0 Å². The molecule has 0 bridgehead atoms. The average Bonchev–Trinajstić information content (AvgIpc) is 2.86. The van der Waals surface area contributed by atoms with E-state index in [1.807, 2.05) is 6.08 Å². The van der Waals surface area contributed by atoms with E-state index >= 15 is 0 Å². The number of ether oxygens (including phenoxy) is 1. The minimum atomic E-state index is -1.01. The van der Waals surface area contributed by atoms with Crippen LogP contribution in [0.1, 0.15) is 27.0 Å². The van der Waals surface area contributed by atoms with Gasteiger partial charge in [0.05, 0.1) is 13.2 Å². The van der Waals surface area contributed by atoms with E-state index in [1.165, 1.54) is 11.0 Å². The van der Waals surface area contributed by atoms with E-state index in [0.29, 0.717) is 5.56 Å². The lowest BCUT2D eigenvalue weighted by atomic mass is 10.1. The zero-order valence-corrected chi connectivity index (χ0v) is 18.3. The predicted molar refractivity (Wildman–Crippen MR) is 125 cm³/mol. The first kappa shape index (κ1) is 24.2. The van der Waals surface area contributed by atoms with Gasteiger partial charge in [-0.2, -0.15) is 0 Å². The van der Waals surface area contributed by atoms with Crippen LogP contribution in [-0.4, -0.2) is 60.8 Å². The highest BCUT2D eigenvalue weighted by Crippen LogP contribution is 2.10. The van der Waals surface area contributed by atoms with Crippen molar-refractivity contribution in [2.45, 2.75) is 12.6 Å². The van der Waals surface area contributed by atoms with Crippen molar-refractivity contribution in [1.82, 2.24) is 15.7 Å². The van der Waals surface area contributed by atoms with Gasteiger partial charge in [-0.15, -0.1) is 0 Å². The van der Waals surface area contributed by atoms with Gasteiger partial charge in [0, 0.05) is 37.3 Å². The van der Waals surface area contributed by atoms with Gasteiger partial charge in [0.1, 0.15) is 6.04 Å². The molecule has 0 aromatic heterocycles. The molecule has 0 radical (unpaired) electrons. The number of amides is 2. The highest BCUT2D eigenvalue weighted by atomic mass is 16.5. The van der Waals surface area contributed by atoms with E-state index in [9.17, 15) is 9.59 Å². The summed E-state index contributed by atoms with van der Waals surface area (Å²) in [5.74, 6) is 4.78. The number of benzene rings is 2. The normalized spacial score (nSPS) is 14.8. The van der Waals surface area contributed by atoms with Crippen LogP contribution in [0.3, 0.4) is 0 Å². The van der Waals surface area contributed by atoms with Gasteiger partial charge < -0.3 is 15.8 Å². The number of nitrogens with two attached hydrogens (primary N) is 1. The number of nitrogens with zero attached hydrogens (tertiary/aromatic N) is 1. The Bertz CT molecular complexity index is 1020. The van der Waals surface area contributed by atoms with Crippen molar-refractivity contribution in [3.63, 3.8) is 0 Å². The zero-order valence-electron chi connectivity index (χ0n) is 18.3. The van der Waals surface area contributed by atoms with Crippen LogP contribution in [0.4, 0.5) is 0 Å². The largest absolute Gasteiger partial charge is 0.379 e. The van der Waals surface area contributed by atoms with Crippen LogP contribution in [0, 0.1) is 11.8 Å². The molecule has 8 nitrogen and oxygen atoms in total. The summed E-state index contributed by atoms with van der Waals surface area (Å²) >= 11 is 0. The maximum atomic E-state index is 12.2. The Kier molecular flexibility index (Phi) is 9.18. The summed E-state index contributed by atoms with van der Waals surface area (Å²) in [5.41, 5.74) is 10.4. The Morgan fingerprint density at radius 1 is 1.12 bits per heavy atom. The van der Waals surface area contributed by atoms with E-state index in [0.717, 1.165) is 44.0 Å². The molecule has 5 N–H and O–H groups in total. The van der Waals surface area contributed by atoms with E-state index in [4.69, 9.17) is 15.7 Å². The molecule has 1 heterocycles. The van der Waals surface area contributed by atoms with E-state index in [1.54, 1.807) is 30.3 Å². The van der Waals surface area contributed by atoms with Gasteiger partial charge >= 0.3 is 0 Å². The summed E-state index contributed by atoms with van der Waals surface area (Å²) in [6.07, 6.45) is 3.74. The van der Waals surface area contributed by atoms with Crippen molar-refractivity contribution in [3.8, 4) is 11.8 Å². The van der Waals surface area contributed by atoms with Crippen LogP contribution in [-0.2, 0) is 16.1 Å². The predicted octanol–water partition coefficient (Wildman–Crippen LogP) is 1.15. The molecule has 2 aromatic rings. The third kappa shape index (κ3) is 7.56. The first-order chi connectivity index (χ1) is 16.1. The van der Waals surface area contributed by atoms with Crippen LogP contribution in [0.5, 0.6) is 0 Å². The first-order valence-corrected chi connectivity index (χ1v) is 10.7. The lowest BCUT2D eigenvalue weighted by Crippen LogP contribution is -2.50. The van der Waals surface area contributed by atoms with Crippen molar-refractivity contribution in [2.75, 3.05) is 32.8 Å². The van der Waals surface area contributed by atoms with Gasteiger partial charge in [0.25, 0.3) is 11.8 Å². The number of hydrogen-bond acceptors (Lipinski definition) is 6.